The van der Waals surface area contributed by atoms with Crippen molar-refractivity contribution in [1.29, 1.82) is 0 Å². The minimum Gasteiger partial charge on any atom is -0.423 e. The number of nitrogens with zero attached hydrogens (tertiary/aromatic N) is 1. The maximum absolute atomic E-state index is 15.0. The second kappa shape index (κ2) is 8.47. The van der Waals surface area contributed by atoms with Crippen molar-refractivity contribution in [2.75, 3.05) is 0 Å². The van der Waals surface area contributed by atoms with Crippen LogP contribution in [0.1, 0.15) is 29.5 Å². The van der Waals surface area contributed by atoms with E-state index in [4.69, 9.17) is 4.74 Å². The first kappa shape index (κ1) is 20.8. The highest BCUT2D eigenvalue weighted by Gasteiger charge is 2.33. The number of aromatic amines is 1. The summed E-state index contributed by atoms with van der Waals surface area (Å²) in [5.74, 6) is -1.11. The summed E-state index contributed by atoms with van der Waals surface area (Å²) >= 11 is 0. The molecule has 0 unspecified atom stereocenters. The highest BCUT2D eigenvalue weighted by atomic mass is 19.1. The molecule has 1 fully saturated rings. The Morgan fingerprint density at radius 1 is 1.03 bits per heavy atom. The van der Waals surface area contributed by atoms with Gasteiger partial charge in [-0.1, -0.05) is 49.0 Å². The number of ether oxygens (including phenoxy) is 1. The van der Waals surface area contributed by atoms with E-state index in [1.165, 1.54) is 6.07 Å². The highest BCUT2D eigenvalue weighted by molar-refractivity contribution is 6.03. The fourth-order valence-electron chi connectivity index (χ4n) is 4.12. The molecule has 33 heavy (non-hydrogen) atoms. The second-order valence-electron chi connectivity index (χ2n) is 7.94. The molecule has 6 heteroatoms. The van der Waals surface area contributed by atoms with Crippen LogP contribution in [-0.2, 0) is 4.79 Å². The van der Waals surface area contributed by atoms with E-state index in [1.54, 1.807) is 42.5 Å². The van der Waals surface area contributed by atoms with E-state index < -0.39 is 11.9 Å². The van der Waals surface area contributed by atoms with Gasteiger partial charge in [0.2, 0.25) is 5.95 Å². The van der Waals surface area contributed by atoms with Gasteiger partial charge in [0.15, 0.2) is 0 Å². The molecule has 4 aromatic rings. The number of hydrogen-bond donors (Lipinski definition) is 1. The predicted molar refractivity (Wildman–Crippen MR) is 123 cm³/mol. The fraction of sp³-hybridized carbons (Fsp3) is 0.111. The minimum atomic E-state index is -0.614. The van der Waals surface area contributed by atoms with Crippen molar-refractivity contribution in [3.05, 3.63) is 108 Å². The number of aromatic nitrogens is 2. The van der Waals surface area contributed by atoms with Gasteiger partial charge in [0.25, 0.3) is 0 Å². The number of rotatable bonds is 6. The summed E-state index contributed by atoms with van der Waals surface area (Å²) in [4.78, 5) is 12.0. The van der Waals surface area contributed by atoms with Crippen molar-refractivity contribution in [1.82, 2.24) is 10.2 Å². The zero-order valence-corrected chi connectivity index (χ0v) is 17.6. The molecule has 1 heterocycles. The van der Waals surface area contributed by atoms with Crippen LogP contribution in [-0.4, -0.2) is 16.2 Å². The van der Waals surface area contributed by atoms with E-state index >= 15 is 4.39 Å². The summed E-state index contributed by atoms with van der Waals surface area (Å²) in [6.45, 7) is 3.47. The first-order chi connectivity index (χ1) is 16.1. The number of fused-ring (bicyclic) bond motifs is 1. The molecule has 0 radical (unpaired) electrons. The molecule has 1 aliphatic rings. The van der Waals surface area contributed by atoms with Crippen molar-refractivity contribution in [2.45, 2.75) is 12.8 Å². The van der Waals surface area contributed by atoms with Gasteiger partial charge in [-0.05, 0) is 59.7 Å². The number of allylic oxidation sites excluding steroid dienone is 1. The van der Waals surface area contributed by atoms with Crippen LogP contribution in [0.25, 0.3) is 22.0 Å². The lowest BCUT2D eigenvalue weighted by molar-refractivity contribution is -0.128. The van der Waals surface area contributed by atoms with Gasteiger partial charge in [-0.25, -0.2) is 9.18 Å². The fourth-order valence-corrected chi connectivity index (χ4v) is 4.12. The topological polar surface area (TPSA) is 55.0 Å². The van der Waals surface area contributed by atoms with Gasteiger partial charge in [-0.15, -0.1) is 5.10 Å². The number of hydrogen-bond acceptors (Lipinski definition) is 3. The molecular weight excluding hydrogens is 422 g/mol. The van der Waals surface area contributed by atoms with Crippen molar-refractivity contribution >= 4 is 28.0 Å². The number of para-hydroxylation sites is 1. The number of halogens is 2. The normalized spacial score (nSPS) is 14.1. The molecule has 3 aromatic carbocycles. The Balaban J connectivity index is 1.84. The largest absolute Gasteiger partial charge is 0.423 e. The van der Waals surface area contributed by atoms with E-state index in [1.807, 2.05) is 18.2 Å². The molecule has 0 bridgehead atoms. The van der Waals surface area contributed by atoms with E-state index in [9.17, 15) is 9.18 Å². The standard InChI is InChI=1S/C27H20F2N2O2/c1-2-24(32)33-23-10-6-4-8-19(23)26(17-13-14-22-20(15-17)27(29)31-30-22)25(16-11-12-16)18-7-3-5-9-21(18)28/h2-10,13-16H,1,11-12H2,(H,30,31)/b26-25-. The van der Waals surface area contributed by atoms with Gasteiger partial charge in [-0.2, -0.15) is 4.39 Å². The summed E-state index contributed by atoms with van der Waals surface area (Å²) in [6.07, 6.45) is 2.90. The number of H-pyrrole nitrogens is 1. The summed E-state index contributed by atoms with van der Waals surface area (Å²) in [5.41, 5.74) is 3.82. The lowest BCUT2D eigenvalue weighted by atomic mass is 9.86. The Morgan fingerprint density at radius 3 is 2.48 bits per heavy atom. The Labute approximate surface area is 189 Å². The van der Waals surface area contributed by atoms with Crippen LogP contribution in [0.5, 0.6) is 5.75 Å². The first-order valence-corrected chi connectivity index (χ1v) is 10.6. The van der Waals surface area contributed by atoms with Crippen LogP contribution in [0.4, 0.5) is 8.78 Å². The molecule has 0 spiro atoms. The first-order valence-electron chi connectivity index (χ1n) is 10.6. The SMILES string of the molecule is C=CC(=O)Oc1ccccc1/C(=C(\c1ccccc1F)C1CC1)c1ccc2[nH]nc(F)c2c1. The Hall–Kier alpha value is -4.06. The third kappa shape index (κ3) is 3.96. The van der Waals surface area contributed by atoms with Crippen molar-refractivity contribution in [3.8, 4) is 5.75 Å². The van der Waals surface area contributed by atoms with Crippen LogP contribution in [0.15, 0.2) is 79.4 Å². The molecule has 1 aromatic heterocycles. The lowest BCUT2D eigenvalue weighted by Gasteiger charge is -2.20. The summed E-state index contributed by atoms with van der Waals surface area (Å²) in [5, 5.41) is 6.64. The third-order valence-corrected chi connectivity index (χ3v) is 5.76. The highest BCUT2D eigenvalue weighted by Crippen LogP contribution is 2.49. The van der Waals surface area contributed by atoms with Gasteiger partial charge in [0, 0.05) is 17.2 Å². The van der Waals surface area contributed by atoms with E-state index in [-0.39, 0.29) is 11.7 Å². The molecule has 1 aliphatic carbocycles. The zero-order valence-electron chi connectivity index (χ0n) is 17.6. The average Bonchev–Trinajstić information content (AvgIpc) is 3.61. The number of nitrogens with one attached hydrogen (secondary N) is 1. The Bertz CT molecular complexity index is 1420. The number of esters is 1. The number of carbonyl (C=O) groups excluding carboxylic acids is 1. The van der Waals surface area contributed by atoms with Crippen LogP contribution >= 0.6 is 0 Å². The minimum absolute atomic E-state index is 0.130. The summed E-state index contributed by atoms with van der Waals surface area (Å²) in [7, 11) is 0. The van der Waals surface area contributed by atoms with Gasteiger partial charge in [0.1, 0.15) is 11.6 Å². The smallest absolute Gasteiger partial charge is 0.335 e. The Morgan fingerprint density at radius 2 is 1.76 bits per heavy atom. The predicted octanol–water partition coefficient (Wildman–Crippen LogP) is 6.30. The molecule has 1 N–H and O–H groups in total. The van der Waals surface area contributed by atoms with Gasteiger partial charge >= 0.3 is 5.97 Å². The van der Waals surface area contributed by atoms with Gasteiger partial charge in [-0.3, -0.25) is 5.10 Å². The molecule has 0 aliphatic heterocycles. The van der Waals surface area contributed by atoms with Crippen LogP contribution in [0.2, 0.25) is 0 Å². The Kier molecular flexibility index (Phi) is 5.34. The number of carbonyl (C=O) groups is 1. The van der Waals surface area contributed by atoms with Crippen molar-refractivity contribution in [3.63, 3.8) is 0 Å². The molecular formula is C27H20F2N2O2. The molecule has 0 atom stereocenters. The average molecular weight is 442 g/mol. The second-order valence-corrected chi connectivity index (χ2v) is 7.94. The quantitative estimate of drug-likeness (QED) is 0.165. The van der Waals surface area contributed by atoms with Crippen molar-refractivity contribution < 1.29 is 18.3 Å². The monoisotopic (exact) mass is 442 g/mol. The molecule has 0 saturated heterocycles. The van der Waals surface area contributed by atoms with E-state index in [0.29, 0.717) is 38.9 Å². The van der Waals surface area contributed by atoms with Gasteiger partial charge < -0.3 is 4.74 Å². The molecule has 164 valence electrons. The van der Waals surface area contributed by atoms with E-state index in [0.717, 1.165) is 24.5 Å². The maximum atomic E-state index is 15.0. The van der Waals surface area contributed by atoms with Crippen molar-refractivity contribution in [2.24, 2.45) is 5.92 Å². The number of benzene rings is 3. The summed E-state index contributed by atoms with van der Waals surface area (Å²) in [6, 6.07) is 19.0. The van der Waals surface area contributed by atoms with Crippen LogP contribution in [0.3, 0.4) is 0 Å². The van der Waals surface area contributed by atoms with E-state index in [2.05, 4.69) is 16.8 Å². The molecule has 5 rings (SSSR count). The van der Waals surface area contributed by atoms with Crippen LogP contribution in [0, 0.1) is 17.7 Å². The summed E-state index contributed by atoms with van der Waals surface area (Å²) < 4.78 is 34.9. The van der Waals surface area contributed by atoms with Gasteiger partial charge in [0.05, 0.1) is 10.9 Å². The molecule has 1 saturated carbocycles. The maximum Gasteiger partial charge on any atom is 0.335 e. The van der Waals surface area contributed by atoms with Crippen LogP contribution < -0.4 is 4.74 Å². The zero-order chi connectivity index (χ0) is 22.9. The lowest BCUT2D eigenvalue weighted by Crippen LogP contribution is -2.07. The molecule has 0 amide bonds. The molecule has 4 nitrogen and oxygen atoms in total. The third-order valence-electron chi connectivity index (χ3n) is 5.76.